The van der Waals surface area contributed by atoms with E-state index in [1.807, 2.05) is 25.1 Å². The SMILES string of the molecule is CCOc1ccccc1CCNc1cnccn1. The maximum atomic E-state index is 5.58. The molecule has 0 spiro atoms. The van der Waals surface area contributed by atoms with Gasteiger partial charge in [0.2, 0.25) is 0 Å². The van der Waals surface area contributed by atoms with E-state index in [2.05, 4.69) is 21.4 Å². The van der Waals surface area contributed by atoms with E-state index < -0.39 is 0 Å². The topological polar surface area (TPSA) is 47.0 Å². The zero-order chi connectivity index (χ0) is 12.6. The Morgan fingerprint density at radius 3 is 2.89 bits per heavy atom. The second-order valence-electron chi connectivity index (χ2n) is 3.81. The van der Waals surface area contributed by atoms with Crippen LogP contribution in [0.3, 0.4) is 0 Å². The van der Waals surface area contributed by atoms with Crippen molar-refractivity contribution in [1.82, 2.24) is 9.97 Å². The van der Waals surface area contributed by atoms with Gasteiger partial charge in [-0.15, -0.1) is 0 Å². The summed E-state index contributed by atoms with van der Waals surface area (Å²) in [6, 6.07) is 8.11. The normalized spacial score (nSPS) is 10.1. The van der Waals surface area contributed by atoms with Crippen LogP contribution in [0.5, 0.6) is 5.75 Å². The van der Waals surface area contributed by atoms with E-state index in [4.69, 9.17) is 4.74 Å². The standard InChI is InChI=1S/C14H17N3O/c1-2-18-13-6-4-3-5-12(13)7-8-16-14-11-15-9-10-17-14/h3-6,9-11H,2,7-8H2,1H3,(H,16,17). The van der Waals surface area contributed by atoms with Crippen molar-refractivity contribution in [3.63, 3.8) is 0 Å². The summed E-state index contributed by atoms with van der Waals surface area (Å²) in [5, 5.41) is 3.23. The van der Waals surface area contributed by atoms with Gasteiger partial charge in [0.05, 0.1) is 12.8 Å². The van der Waals surface area contributed by atoms with E-state index in [9.17, 15) is 0 Å². The van der Waals surface area contributed by atoms with Crippen molar-refractivity contribution in [1.29, 1.82) is 0 Å². The highest BCUT2D eigenvalue weighted by Gasteiger charge is 2.02. The summed E-state index contributed by atoms with van der Waals surface area (Å²) in [5.74, 6) is 1.76. The lowest BCUT2D eigenvalue weighted by molar-refractivity contribution is 0.336. The van der Waals surface area contributed by atoms with Crippen molar-refractivity contribution in [3.05, 3.63) is 48.4 Å². The fourth-order valence-corrected chi connectivity index (χ4v) is 1.72. The Balaban J connectivity index is 1.90. The predicted molar refractivity (Wildman–Crippen MR) is 71.8 cm³/mol. The molecule has 0 aliphatic heterocycles. The van der Waals surface area contributed by atoms with Crippen molar-refractivity contribution >= 4 is 5.82 Å². The number of aromatic nitrogens is 2. The Kier molecular flexibility index (Phi) is 4.53. The van der Waals surface area contributed by atoms with Gasteiger partial charge in [-0.2, -0.15) is 0 Å². The average Bonchev–Trinajstić information content (AvgIpc) is 2.42. The third-order valence-corrected chi connectivity index (χ3v) is 2.54. The number of anilines is 1. The summed E-state index contributed by atoms with van der Waals surface area (Å²) in [7, 11) is 0. The predicted octanol–water partition coefficient (Wildman–Crippen LogP) is 2.53. The number of hydrogen-bond acceptors (Lipinski definition) is 4. The second-order valence-corrected chi connectivity index (χ2v) is 3.81. The van der Waals surface area contributed by atoms with Gasteiger partial charge in [0.25, 0.3) is 0 Å². The monoisotopic (exact) mass is 243 g/mol. The van der Waals surface area contributed by atoms with E-state index in [1.165, 1.54) is 5.56 Å². The molecule has 1 heterocycles. The third-order valence-electron chi connectivity index (χ3n) is 2.54. The highest BCUT2D eigenvalue weighted by atomic mass is 16.5. The van der Waals surface area contributed by atoms with Crippen LogP contribution in [0.4, 0.5) is 5.82 Å². The molecule has 0 atom stereocenters. The van der Waals surface area contributed by atoms with Crippen LogP contribution in [0.25, 0.3) is 0 Å². The summed E-state index contributed by atoms with van der Waals surface area (Å²) in [5.41, 5.74) is 1.20. The van der Waals surface area contributed by atoms with E-state index >= 15 is 0 Å². The van der Waals surface area contributed by atoms with Crippen LogP contribution in [0.1, 0.15) is 12.5 Å². The molecular formula is C14H17N3O. The molecule has 2 rings (SSSR count). The van der Waals surface area contributed by atoms with Gasteiger partial charge in [-0.25, -0.2) is 4.98 Å². The first-order valence-electron chi connectivity index (χ1n) is 6.10. The maximum absolute atomic E-state index is 5.58. The molecule has 1 N–H and O–H groups in total. The second kappa shape index (κ2) is 6.59. The molecule has 94 valence electrons. The number of para-hydroxylation sites is 1. The van der Waals surface area contributed by atoms with Crippen LogP contribution < -0.4 is 10.1 Å². The molecule has 0 radical (unpaired) electrons. The lowest BCUT2D eigenvalue weighted by atomic mass is 10.1. The molecule has 0 saturated heterocycles. The molecular weight excluding hydrogens is 226 g/mol. The highest BCUT2D eigenvalue weighted by molar-refractivity contribution is 5.35. The Morgan fingerprint density at radius 2 is 2.11 bits per heavy atom. The summed E-state index contributed by atoms with van der Waals surface area (Å²) in [6.07, 6.45) is 5.95. The Bertz CT molecular complexity index is 473. The molecule has 18 heavy (non-hydrogen) atoms. The van der Waals surface area contributed by atoms with E-state index in [-0.39, 0.29) is 0 Å². The van der Waals surface area contributed by atoms with Gasteiger partial charge in [-0.1, -0.05) is 18.2 Å². The first kappa shape index (κ1) is 12.4. The van der Waals surface area contributed by atoms with Crippen LogP contribution >= 0.6 is 0 Å². The van der Waals surface area contributed by atoms with Crippen LogP contribution in [0.2, 0.25) is 0 Å². The number of benzene rings is 1. The van der Waals surface area contributed by atoms with E-state index in [1.54, 1.807) is 18.6 Å². The largest absolute Gasteiger partial charge is 0.494 e. The van der Waals surface area contributed by atoms with E-state index in [0.717, 1.165) is 24.5 Å². The molecule has 1 aromatic heterocycles. The first-order chi connectivity index (χ1) is 8.90. The maximum Gasteiger partial charge on any atom is 0.144 e. The van der Waals surface area contributed by atoms with Gasteiger partial charge >= 0.3 is 0 Å². The van der Waals surface area contributed by atoms with Gasteiger partial charge in [-0.3, -0.25) is 4.98 Å². The number of hydrogen-bond donors (Lipinski definition) is 1. The quantitative estimate of drug-likeness (QED) is 0.847. The summed E-state index contributed by atoms with van der Waals surface area (Å²) >= 11 is 0. The Morgan fingerprint density at radius 1 is 1.22 bits per heavy atom. The number of nitrogens with zero attached hydrogens (tertiary/aromatic N) is 2. The van der Waals surface area contributed by atoms with Gasteiger partial charge in [0.15, 0.2) is 0 Å². The average molecular weight is 243 g/mol. The molecule has 4 nitrogen and oxygen atoms in total. The van der Waals surface area contributed by atoms with Gasteiger partial charge in [-0.05, 0) is 25.0 Å². The minimum absolute atomic E-state index is 0.689. The zero-order valence-corrected chi connectivity index (χ0v) is 10.5. The lowest BCUT2D eigenvalue weighted by Crippen LogP contribution is -2.07. The van der Waals surface area contributed by atoms with Crippen LogP contribution in [-0.2, 0) is 6.42 Å². The van der Waals surface area contributed by atoms with Gasteiger partial charge < -0.3 is 10.1 Å². The summed E-state index contributed by atoms with van der Waals surface area (Å²) in [4.78, 5) is 8.17. The molecule has 0 amide bonds. The van der Waals surface area contributed by atoms with E-state index in [0.29, 0.717) is 6.61 Å². The molecule has 0 saturated carbocycles. The van der Waals surface area contributed by atoms with Crippen LogP contribution in [-0.4, -0.2) is 23.1 Å². The highest BCUT2D eigenvalue weighted by Crippen LogP contribution is 2.18. The fraction of sp³-hybridized carbons (Fsp3) is 0.286. The van der Waals surface area contributed by atoms with Crippen molar-refractivity contribution in [2.75, 3.05) is 18.5 Å². The van der Waals surface area contributed by atoms with Crippen LogP contribution in [0, 0.1) is 0 Å². The minimum Gasteiger partial charge on any atom is -0.494 e. The minimum atomic E-state index is 0.689. The number of ether oxygens (including phenoxy) is 1. The molecule has 4 heteroatoms. The first-order valence-corrected chi connectivity index (χ1v) is 6.10. The zero-order valence-electron chi connectivity index (χ0n) is 10.5. The molecule has 0 aliphatic rings. The van der Waals surface area contributed by atoms with Crippen LogP contribution in [0.15, 0.2) is 42.9 Å². The smallest absolute Gasteiger partial charge is 0.144 e. The molecule has 1 aromatic carbocycles. The fourth-order valence-electron chi connectivity index (χ4n) is 1.72. The van der Waals surface area contributed by atoms with Gasteiger partial charge in [0.1, 0.15) is 11.6 Å². The van der Waals surface area contributed by atoms with Crippen molar-refractivity contribution in [2.45, 2.75) is 13.3 Å². The summed E-state index contributed by atoms with van der Waals surface area (Å²) in [6.45, 7) is 3.49. The molecule has 0 fully saturated rings. The van der Waals surface area contributed by atoms with Gasteiger partial charge in [0, 0.05) is 18.9 Å². The lowest BCUT2D eigenvalue weighted by Gasteiger charge is -2.10. The summed E-state index contributed by atoms with van der Waals surface area (Å²) < 4.78 is 5.58. The van der Waals surface area contributed by atoms with Crippen molar-refractivity contribution in [2.24, 2.45) is 0 Å². The third kappa shape index (κ3) is 3.45. The molecule has 2 aromatic rings. The molecule has 0 unspecified atom stereocenters. The van der Waals surface area contributed by atoms with Crippen molar-refractivity contribution < 1.29 is 4.74 Å². The molecule has 0 aliphatic carbocycles. The van der Waals surface area contributed by atoms with Crippen molar-refractivity contribution in [3.8, 4) is 5.75 Å². The number of nitrogens with one attached hydrogen (secondary N) is 1. The Labute approximate surface area is 107 Å². The molecule has 0 bridgehead atoms. The Hall–Kier alpha value is -2.10. The number of rotatable bonds is 6.